The van der Waals surface area contributed by atoms with Crippen LogP contribution >= 0.6 is 0 Å². The Morgan fingerprint density at radius 2 is 1.38 bits per heavy atom. The molecular formula is C21H16N6O2. The van der Waals surface area contributed by atoms with E-state index in [0.717, 1.165) is 15.8 Å². The Balaban J connectivity index is 1.98. The predicted molar refractivity (Wildman–Crippen MR) is 110 cm³/mol. The highest BCUT2D eigenvalue weighted by molar-refractivity contribution is 5.93. The van der Waals surface area contributed by atoms with Crippen molar-refractivity contribution in [2.24, 2.45) is 14.1 Å². The van der Waals surface area contributed by atoms with Crippen molar-refractivity contribution in [1.29, 1.82) is 0 Å². The summed E-state index contributed by atoms with van der Waals surface area (Å²) >= 11 is 0. The van der Waals surface area contributed by atoms with Crippen molar-refractivity contribution < 1.29 is 0 Å². The molecule has 5 rings (SSSR count). The fraction of sp³-hybridized carbons (Fsp3) is 0.0952. The van der Waals surface area contributed by atoms with Crippen molar-refractivity contribution in [1.82, 2.24) is 28.9 Å². The van der Waals surface area contributed by atoms with Crippen molar-refractivity contribution in [3.63, 3.8) is 0 Å². The van der Waals surface area contributed by atoms with Gasteiger partial charge in [-0.2, -0.15) is 5.10 Å². The third-order valence-electron chi connectivity index (χ3n) is 4.93. The molecule has 0 unspecified atom stereocenters. The van der Waals surface area contributed by atoms with Crippen LogP contribution in [0.15, 0.2) is 70.3 Å². The summed E-state index contributed by atoms with van der Waals surface area (Å²) in [5.74, 6) is 0. The number of hydrogen-bond acceptors (Lipinski definition) is 5. The van der Waals surface area contributed by atoms with Gasteiger partial charge in [-0.15, -0.1) is 0 Å². The summed E-state index contributed by atoms with van der Waals surface area (Å²) in [5.41, 5.74) is 2.69. The number of aryl methyl sites for hydroxylation is 1. The fourth-order valence-corrected chi connectivity index (χ4v) is 3.40. The molecule has 0 radical (unpaired) electrons. The van der Waals surface area contributed by atoms with Gasteiger partial charge in [0.2, 0.25) is 0 Å². The second-order valence-electron chi connectivity index (χ2n) is 6.74. The van der Waals surface area contributed by atoms with Gasteiger partial charge in [-0.1, -0.05) is 48.5 Å². The first-order valence-electron chi connectivity index (χ1n) is 9.03. The molecule has 142 valence electrons. The topological polar surface area (TPSA) is 87.6 Å². The number of nitrogens with zero attached hydrogens (tertiary/aromatic N) is 6. The molecule has 5 aromatic rings. The summed E-state index contributed by atoms with van der Waals surface area (Å²) in [6, 6.07) is 19.2. The number of fused-ring (bicyclic) bond motifs is 2. The Morgan fingerprint density at radius 3 is 2.07 bits per heavy atom. The normalized spacial score (nSPS) is 11.4. The summed E-state index contributed by atoms with van der Waals surface area (Å²) in [7, 11) is 3.01. The molecule has 0 saturated heterocycles. The third kappa shape index (κ3) is 2.49. The molecule has 0 amide bonds. The minimum atomic E-state index is -0.482. The van der Waals surface area contributed by atoms with E-state index in [9.17, 15) is 9.59 Å². The molecule has 0 N–H and O–H groups in total. The van der Waals surface area contributed by atoms with E-state index in [2.05, 4.69) is 9.97 Å². The Hall–Kier alpha value is -4.07. The van der Waals surface area contributed by atoms with Crippen LogP contribution in [0.1, 0.15) is 0 Å². The summed E-state index contributed by atoms with van der Waals surface area (Å²) in [6.45, 7) is 0. The Labute approximate surface area is 164 Å². The zero-order valence-electron chi connectivity index (χ0n) is 15.8. The number of benzene rings is 2. The number of hydrogen-bond donors (Lipinski definition) is 0. The molecule has 0 spiro atoms. The molecular weight excluding hydrogens is 368 g/mol. The van der Waals surface area contributed by atoms with E-state index < -0.39 is 11.2 Å². The highest BCUT2D eigenvalue weighted by Gasteiger charge is 2.20. The smallest absolute Gasteiger partial charge is 0.279 e. The van der Waals surface area contributed by atoms with Crippen LogP contribution in [0.3, 0.4) is 0 Å². The van der Waals surface area contributed by atoms with Crippen molar-refractivity contribution >= 4 is 22.3 Å². The lowest BCUT2D eigenvalue weighted by Gasteiger charge is -2.07. The van der Waals surface area contributed by atoms with E-state index >= 15 is 0 Å². The van der Waals surface area contributed by atoms with Gasteiger partial charge in [0.1, 0.15) is 11.2 Å². The molecule has 0 aliphatic heterocycles. The average Bonchev–Trinajstić information content (AvgIpc) is 3.15. The molecule has 0 bridgehead atoms. The van der Waals surface area contributed by atoms with Crippen LogP contribution in [0.4, 0.5) is 0 Å². The lowest BCUT2D eigenvalue weighted by atomic mass is 10.1. The maximum atomic E-state index is 12.7. The maximum absolute atomic E-state index is 12.7. The Morgan fingerprint density at radius 1 is 0.724 bits per heavy atom. The van der Waals surface area contributed by atoms with E-state index in [4.69, 9.17) is 5.10 Å². The van der Waals surface area contributed by atoms with E-state index in [1.807, 2.05) is 60.7 Å². The van der Waals surface area contributed by atoms with Crippen molar-refractivity contribution in [3.05, 3.63) is 81.5 Å². The number of rotatable bonds is 2. The van der Waals surface area contributed by atoms with Gasteiger partial charge in [-0.05, 0) is 12.1 Å². The third-order valence-corrected chi connectivity index (χ3v) is 4.93. The lowest BCUT2D eigenvalue weighted by Crippen LogP contribution is -2.37. The molecule has 29 heavy (non-hydrogen) atoms. The van der Waals surface area contributed by atoms with Gasteiger partial charge >= 0.3 is 5.69 Å². The SMILES string of the molecule is Cn1c(=O)c2nc3c(-c4ccccc4)nn(-c4ccccc4)c3nc2n(C)c1=O. The molecule has 0 fully saturated rings. The number of para-hydroxylation sites is 1. The standard InChI is InChI=1S/C21H16N6O2/c1-25-18-17(20(28)26(2)21(25)29)22-16-15(13-9-5-3-6-10-13)24-27(19(16)23-18)14-11-7-4-8-12-14/h3-12H,1-2H3. The molecule has 3 heterocycles. The van der Waals surface area contributed by atoms with Crippen LogP contribution in [-0.4, -0.2) is 28.9 Å². The van der Waals surface area contributed by atoms with Gasteiger partial charge in [-0.3, -0.25) is 13.9 Å². The molecule has 8 nitrogen and oxygen atoms in total. The van der Waals surface area contributed by atoms with Crippen molar-refractivity contribution in [2.45, 2.75) is 0 Å². The van der Waals surface area contributed by atoms with Crippen LogP contribution < -0.4 is 11.2 Å². The van der Waals surface area contributed by atoms with Crippen LogP contribution in [0.2, 0.25) is 0 Å². The summed E-state index contributed by atoms with van der Waals surface area (Å²) in [5, 5.41) is 4.75. The van der Waals surface area contributed by atoms with E-state index in [0.29, 0.717) is 16.9 Å². The molecule has 0 atom stereocenters. The predicted octanol–water partition coefficient (Wildman–Crippen LogP) is 2.03. The highest BCUT2D eigenvalue weighted by atomic mass is 16.2. The van der Waals surface area contributed by atoms with Crippen molar-refractivity contribution in [3.8, 4) is 16.9 Å². The molecule has 0 saturated carbocycles. The van der Waals surface area contributed by atoms with Gasteiger partial charge in [0.15, 0.2) is 16.8 Å². The van der Waals surface area contributed by atoms with Crippen LogP contribution in [0.25, 0.3) is 39.3 Å². The quantitative estimate of drug-likeness (QED) is 0.465. The average molecular weight is 384 g/mol. The van der Waals surface area contributed by atoms with Gasteiger partial charge in [-0.25, -0.2) is 19.4 Å². The second-order valence-corrected chi connectivity index (χ2v) is 6.74. The first kappa shape index (κ1) is 17.1. The molecule has 8 heteroatoms. The first-order chi connectivity index (χ1) is 14.1. The highest BCUT2D eigenvalue weighted by Crippen LogP contribution is 2.28. The minimum Gasteiger partial charge on any atom is -0.279 e. The van der Waals surface area contributed by atoms with E-state index in [1.54, 1.807) is 11.7 Å². The maximum Gasteiger partial charge on any atom is 0.332 e. The molecule has 2 aromatic carbocycles. The van der Waals surface area contributed by atoms with Gasteiger partial charge in [0, 0.05) is 19.7 Å². The largest absolute Gasteiger partial charge is 0.332 e. The van der Waals surface area contributed by atoms with E-state index in [1.165, 1.54) is 11.6 Å². The zero-order chi connectivity index (χ0) is 20.1. The Bertz CT molecular complexity index is 1500. The summed E-state index contributed by atoms with van der Waals surface area (Å²) in [6.07, 6.45) is 0. The van der Waals surface area contributed by atoms with Crippen LogP contribution in [0, 0.1) is 0 Å². The summed E-state index contributed by atoms with van der Waals surface area (Å²) in [4.78, 5) is 34.3. The monoisotopic (exact) mass is 384 g/mol. The second kappa shape index (κ2) is 6.23. The van der Waals surface area contributed by atoms with Gasteiger partial charge in [0.05, 0.1) is 5.69 Å². The molecule has 0 aliphatic rings. The van der Waals surface area contributed by atoms with Crippen LogP contribution in [-0.2, 0) is 14.1 Å². The van der Waals surface area contributed by atoms with Gasteiger partial charge in [0.25, 0.3) is 5.56 Å². The van der Waals surface area contributed by atoms with Gasteiger partial charge < -0.3 is 0 Å². The Kier molecular flexibility index (Phi) is 3.67. The number of aromatic nitrogens is 6. The fourth-order valence-electron chi connectivity index (χ4n) is 3.40. The van der Waals surface area contributed by atoms with Crippen LogP contribution in [0.5, 0.6) is 0 Å². The molecule has 0 aliphatic carbocycles. The lowest BCUT2D eigenvalue weighted by molar-refractivity contribution is 0.705. The molecule has 3 aromatic heterocycles. The van der Waals surface area contributed by atoms with E-state index in [-0.39, 0.29) is 11.2 Å². The van der Waals surface area contributed by atoms with Crippen molar-refractivity contribution in [2.75, 3.05) is 0 Å². The first-order valence-corrected chi connectivity index (χ1v) is 9.03. The minimum absolute atomic E-state index is 0.131. The zero-order valence-corrected chi connectivity index (χ0v) is 15.8. The summed E-state index contributed by atoms with van der Waals surface area (Å²) < 4.78 is 4.05.